The number of carbonyl (C=O) groups is 3. The van der Waals surface area contributed by atoms with Crippen molar-refractivity contribution in [2.24, 2.45) is 0 Å². The van der Waals surface area contributed by atoms with Crippen molar-refractivity contribution in [3.8, 4) is 0 Å². The summed E-state index contributed by atoms with van der Waals surface area (Å²) < 4.78 is 0. The van der Waals surface area contributed by atoms with Crippen LogP contribution in [0.3, 0.4) is 0 Å². The fraction of sp³-hybridized carbons (Fsp3) is 0.219. The summed E-state index contributed by atoms with van der Waals surface area (Å²) in [5.41, 5.74) is 3.17. The minimum absolute atomic E-state index is 0.110. The second kappa shape index (κ2) is 7.54. The van der Waals surface area contributed by atoms with Gasteiger partial charge < -0.3 is 15.5 Å². The third kappa shape index (κ3) is 2.50. The van der Waals surface area contributed by atoms with Crippen LogP contribution in [-0.2, 0) is 10.2 Å². The van der Waals surface area contributed by atoms with Crippen molar-refractivity contribution in [3.63, 3.8) is 0 Å². The highest BCUT2D eigenvalue weighted by Gasteiger charge is 2.65. The Morgan fingerprint density at radius 1 is 0.842 bits per heavy atom. The van der Waals surface area contributed by atoms with E-state index in [4.69, 9.17) is 0 Å². The van der Waals surface area contributed by atoms with Gasteiger partial charge >= 0.3 is 0 Å². The summed E-state index contributed by atoms with van der Waals surface area (Å²) in [5, 5.41) is 6.75. The van der Waals surface area contributed by atoms with Crippen LogP contribution in [0.1, 0.15) is 57.5 Å². The minimum Gasteiger partial charge on any atom is -0.366 e. The Labute approximate surface area is 220 Å². The third-order valence-corrected chi connectivity index (χ3v) is 8.93. The molecule has 0 aromatic heterocycles. The number of ketones is 2. The molecule has 3 aromatic rings. The molecule has 2 N–H and O–H groups in total. The summed E-state index contributed by atoms with van der Waals surface area (Å²) >= 11 is 0. The quantitative estimate of drug-likeness (QED) is 0.495. The van der Waals surface area contributed by atoms with Gasteiger partial charge in [0.05, 0.1) is 17.3 Å². The molecular formula is C32H25N3O3. The van der Waals surface area contributed by atoms with Gasteiger partial charge in [0.25, 0.3) is 0 Å². The van der Waals surface area contributed by atoms with Gasteiger partial charge in [0.2, 0.25) is 5.91 Å². The van der Waals surface area contributed by atoms with Gasteiger partial charge in [0.15, 0.2) is 11.6 Å². The molecular weight excluding hydrogens is 474 g/mol. The van der Waals surface area contributed by atoms with E-state index in [2.05, 4.69) is 15.5 Å². The lowest BCUT2D eigenvalue weighted by molar-refractivity contribution is -0.118. The molecule has 186 valence electrons. The first-order chi connectivity index (χ1) is 18.6. The highest BCUT2D eigenvalue weighted by molar-refractivity contribution is 6.33. The largest absolute Gasteiger partial charge is 0.366 e. The number of hydrogen-bond donors (Lipinski definition) is 2. The Bertz CT molecular complexity index is 1650. The maximum atomic E-state index is 14.6. The molecule has 3 atom stereocenters. The molecule has 1 saturated carbocycles. The van der Waals surface area contributed by atoms with Gasteiger partial charge in [0, 0.05) is 39.6 Å². The van der Waals surface area contributed by atoms with Crippen molar-refractivity contribution in [2.45, 2.75) is 43.2 Å². The van der Waals surface area contributed by atoms with Crippen LogP contribution in [0.25, 0.3) is 5.70 Å². The number of nitrogens with zero attached hydrogens (tertiary/aromatic N) is 1. The summed E-state index contributed by atoms with van der Waals surface area (Å²) in [5.74, 6) is -0.0978. The first-order valence-corrected chi connectivity index (χ1v) is 13.3. The maximum Gasteiger partial charge on any atom is 0.244 e. The number of fused-ring (bicyclic) bond motifs is 9. The summed E-state index contributed by atoms with van der Waals surface area (Å²) in [6.45, 7) is 0. The number of benzene rings is 3. The van der Waals surface area contributed by atoms with Crippen LogP contribution in [0.4, 0.5) is 5.69 Å². The summed E-state index contributed by atoms with van der Waals surface area (Å²) in [4.78, 5) is 45.5. The standard InChI is InChI=1S/C32H25N3O3/c36-28(18-10-2-1-3-11-18)26-30-33-23-16-8-9-17-24(23)35(30)27-19-12-4-5-13-20(19)29(37)25(27)32(26)21-14-6-7-15-22(21)34-31(32)38/h1-7,10-15,23-24,33H,8-9,16-17H2,(H,34,38). The van der Waals surface area contributed by atoms with Crippen molar-refractivity contribution in [3.05, 3.63) is 118 Å². The van der Waals surface area contributed by atoms with E-state index in [1.165, 1.54) is 0 Å². The maximum absolute atomic E-state index is 14.6. The fourth-order valence-corrected chi connectivity index (χ4v) is 7.40. The van der Waals surface area contributed by atoms with E-state index >= 15 is 0 Å². The zero-order chi connectivity index (χ0) is 25.6. The van der Waals surface area contributed by atoms with Gasteiger partial charge in [-0.2, -0.15) is 0 Å². The highest BCUT2D eigenvalue weighted by Crippen LogP contribution is 2.60. The molecule has 1 saturated heterocycles. The van der Waals surface area contributed by atoms with Crippen molar-refractivity contribution in [1.29, 1.82) is 0 Å². The van der Waals surface area contributed by atoms with Gasteiger partial charge in [-0.25, -0.2) is 0 Å². The first-order valence-electron chi connectivity index (χ1n) is 13.3. The lowest BCUT2D eigenvalue weighted by Gasteiger charge is -2.42. The summed E-state index contributed by atoms with van der Waals surface area (Å²) in [7, 11) is 0. The number of anilines is 1. The molecule has 1 amide bonds. The lowest BCUT2D eigenvalue weighted by Crippen LogP contribution is -2.49. The zero-order valence-corrected chi connectivity index (χ0v) is 20.7. The number of rotatable bonds is 2. The third-order valence-electron chi connectivity index (χ3n) is 8.93. The van der Waals surface area contributed by atoms with Gasteiger partial charge in [-0.3, -0.25) is 14.4 Å². The Balaban J connectivity index is 1.51. The van der Waals surface area contributed by atoms with Crippen LogP contribution in [-0.4, -0.2) is 34.5 Å². The number of hydrogen-bond acceptors (Lipinski definition) is 5. The highest BCUT2D eigenvalue weighted by atomic mass is 16.2. The Kier molecular flexibility index (Phi) is 4.29. The molecule has 2 fully saturated rings. The van der Waals surface area contributed by atoms with E-state index in [1.807, 2.05) is 66.7 Å². The molecule has 3 aromatic carbocycles. The predicted octanol–water partition coefficient (Wildman–Crippen LogP) is 4.81. The Hall–Kier alpha value is -4.45. The van der Waals surface area contributed by atoms with Crippen molar-refractivity contribution >= 4 is 28.9 Å². The number of para-hydroxylation sites is 1. The van der Waals surface area contributed by atoms with Crippen molar-refractivity contribution < 1.29 is 14.4 Å². The molecule has 1 spiro atoms. The zero-order valence-electron chi connectivity index (χ0n) is 20.7. The van der Waals surface area contributed by atoms with Gasteiger partial charge in [0.1, 0.15) is 11.2 Å². The molecule has 5 aliphatic rings. The number of amides is 1. The van der Waals surface area contributed by atoms with Crippen LogP contribution in [0.2, 0.25) is 0 Å². The second-order valence-electron chi connectivity index (χ2n) is 10.7. The molecule has 8 rings (SSSR count). The van der Waals surface area contributed by atoms with Crippen LogP contribution in [0.5, 0.6) is 0 Å². The fourth-order valence-electron chi connectivity index (χ4n) is 7.40. The molecule has 3 unspecified atom stereocenters. The molecule has 3 aliphatic heterocycles. The van der Waals surface area contributed by atoms with E-state index in [0.29, 0.717) is 39.3 Å². The Morgan fingerprint density at radius 3 is 2.39 bits per heavy atom. The Morgan fingerprint density at radius 2 is 1.55 bits per heavy atom. The van der Waals surface area contributed by atoms with Crippen molar-refractivity contribution in [2.75, 3.05) is 5.32 Å². The SMILES string of the molecule is O=C(C1=C2NC3CCCCC3N2C2=C(C(=O)c3ccccc32)C12C(=O)Nc1ccccc12)c1ccccc1. The number of Topliss-reactive ketones (excluding diaryl/α,β-unsaturated/α-hetero) is 2. The summed E-state index contributed by atoms with van der Waals surface area (Å²) in [6.07, 6.45) is 4.12. The van der Waals surface area contributed by atoms with E-state index in [0.717, 1.165) is 36.9 Å². The average Bonchev–Trinajstić information content (AvgIpc) is 3.58. The van der Waals surface area contributed by atoms with E-state index in [9.17, 15) is 14.4 Å². The number of carbonyl (C=O) groups excluding carboxylic acids is 3. The molecule has 6 heteroatoms. The van der Waals surface area contributed by atoms with Crippen LogP contribution in [0, 0.1) is 0 Å². The second-order valence-corrected chi connectivity index (χ2v) is 10.7. The van der Waals surface area contributed by atoms with Gasteiger partial charge in [-0.05, 0) is 18.9 Å². The molecule has 0 radical (unpaired) electrons. The minimum atomic E-state index is -1.55. The van der Waals surface area contributed by atoms with Gasteiger partial charge in [-0.15, -0.1) is 0 Å². The molecule has 6 nitrogen and oxygen atoms in total. The monoisotopic (exact) mass is 499 g/mol. The average molecular weight is 500 g/mol. The first kappa shape index (κ1) is 21.6. The molecule has 2 aliphatic carbocycles. The van der Waals surface area contributed by atoms with E-state index in [-0.39, 0.29) is 29.6 Å². The van der Waals surface area contributed by atoms with Crippen LogP contribution < -0.4 is 10.6 Å². The van der Waals surface area contributed by atoms with Crippen LogP contribution >= 0.6 is 0 Å². The number of nitrogens with one attached hydrogen (secondary N) is 2. The molecule has 38 heavy (non-hydrogen) atoms. The molecule has 0 bridgehead atoms. The summed E-state index contributed by atoms with van der Waals surface area (Å²) in [6, 6.07) is 24.4. The van der Waals surface area contributed by atoms with Gasteiger partial charge in [-0.1, -0.05) is 85.6 Å². The normalized spacial score (nSPS) is 26.5. The van der Waals surface area contributed by atoms with Crippen LogP contribution in [0.15, 0.2) is 95.8 Å². The predicted molar refractivity (Wildman–Crippen MR) is 143 cm³/mol. The van der Waals surface area contributed by atoms with Crippen molar-refractivity contribution in [1.82, 2.24) is 10.2 Å². The topological polar surface area (TPSA) is 78.5 Å². The molecule has 3 heterocycles. The van der Waals surface area contributed by atoms with E-state index in [1.54, 1.807) is 12.1 Å². The van der Waals surface area contributed by atoms with E-state index < -0.39 is 5.41 Å². The lowest BCUT2D eigenvalue weighted by atomic mass is 9.64. The smallest absolute Gasteiger partial charge is 0.244 e.